The van der Waals surface area contributed by atoms with Crippen molar-refractivity contribution in [3.63, 3.8) is 0 Å². The summed E-state index contributed by atoms with van der Waals surface area (Å²) in [6.45, 7) is 12.7. The van der Waals surface area contributed by atoms with E-state index >= 15 is 0 Å². The van der Waals surface area contributed by atoms with Gasteiger partial charge in [0.1, 0.15) is 0 Å². The third-order valence-electron chi connectivity index (χ3n) is 2.75. The van der Waals surface area contributed by atoms with Gasteiger partial charge in [-0.2, -0.15) is 0 Å². The second-order valence-electron chi connectivity index (χ2n) is 4.50. The average Bonchev–Trinajstić information content (AvgIpc) is 2.17. The largest absolute Gasteiger partial charge is 0.372 e. The molecule has 15 heavy (non-hydrogen) atoms. The minimum absolute atomic E-state index is 0.525. The molecule has 0 bridgehead atoms. The van der Waals surface area contributed by atoms with Crippen LogP contribution >= 0.6 is 0 Å². The van der Waals surface area contributed by atoms with E-state index in [1.807, 2.05) is 6.92 Å². The highest BCUT2D eigenvalue weighted by Gasteiger charge is 2.02. The second kappa shape index (κ2) is 7.69. The van der Waals surface area contributed by atoms with Gasteiger partial charge in [-0.15, -0.1) is 0 Å². The molecular weight excluding hydrogens is 186 g/mol. The summed E-state index contributed by atoms with van der Waals surface area (Å²) in [4.78, 5) is 6.80. The highest BCUT2D eigenvalue weighted by molar-refractivity contribution is 5.79. The van der Waals surface area contributed by atoms with Gasteiger partial charge in [0, 0.05) is 18.6 Å². The van der Waals surface area contributed by atoms with Gasteiger partial charge >= 0.3 is 0 Å². The molecule has 1 atom stereocenters. The van der Waals surface area contributed by atoms with Gasteiger partial charge in [0.2, 0.25) is 0 Å². The van der Waals surface area contributed by atoms with E-state index in [0.717, 1.165) is 25.3 Å². The molecule has 3 heteroatoms. The summed E-state index contributed by atoms with van der Waals surface area (Å²) in [7, 11) is 2.14. The molecule has 0 aromatic heterocycles. The van der Waals surface area contributed by atoms with Crippen LogP contribution in [0, 0.1) is 0 Å². The first kappa shape index (κ1) is 14.4. The first-order valence-corrected chi connectivity index (χ1v) is 5.95. The van der Waals surface area contributed by atoms with Gasteiger partial charge < -0.3 is 10.2 Å². The first-order valence-electron chi connectivity index (χ1n) is 5.95. The van der Waals surface area contributed by atoms with Crippen molar-refractivity contribution >= 4 is 5.84 Å². The van der Waals surface area contributed by atoms with Gasteiger partial charge in [0.25, 0.3) is 0 Å². The number of nitrogens with zero attached hydrogens (tertiary/aromatic N) is 2. The summed E-state index contributed by atoms with van der Waals surface area (Å²) in [6.07, 6.45) is 1.14. The van der Waals surface area contributed by atoms with Gasteiger partial charge in [0.05, 0.1) is 12.4 Å². The predicted molar refractivity (Wildman–Crippen MR) is 68.6 cm³/mol. The molecule has 0 amide bonds. The SMILES string of the molecule is CCC(C)NC(C)=NCCN(C)C(C)C. The van der Waals surface area contributed by atoms with E-state index < -0.39 is 0 Å². The van der Waals surface area contributed by atoms with Crippen molar-refractivity contribution < 1.29 is 0 Å². The zero-order valence-corrected chi connectivity index (χ0v) is 11.2. The molecule has 90 valence electrons. The van der Waals surface area contributed by atoms with Crippen molar-refractivity contribution in [2.45, 2.75) is 53.1 Å². The van der Waals surface area contributed by atoms with Crippen LogP contribution in [0.1, 0.15) is 41.0 Å². The van der Waals surface area contributed by atoms with Crippen LogP contribution < -0.4 is 5.32 Å². The summed E-state index contributed by atoms with van der Waals surface area (Å²) in [6, 6.07) is 1.12. The third-order valence-corrected chi connectivity index (χ3v) is 2.75. The van der Waals surface area contributed by atoms with Crippen LogP contribution in [0.2, 0.25) is 0 Å². The lowest BCUT2D eigenvalue weighted by molar-refractivity contribution is 0.282. The molecule has 0 aliphatic rings. The Morgan fingerprint density at radius 3 is 2.40 bits per heavy atom. The van der Waals surface area contributed by atoms with E-state index in [4.69, 9.17) is 0 Å². The molecule has 1 unspecified atom stereocenters. The van der Waals surface area contributed by atoms with Crippen LogP contribution in [0.4, 0.5) is 0 Å². The fourth-order valence-corrected chi connectivity index (χ4v) is 1.14. The number of aliphatic imine (C=N–C) groups is 1. The summed E-state index contributed by atoms with van der Waals surface area (Å²) in [5.41, 5.74) is 0. The predicted octanol–water partition coefficient (Wildman–Crippen LogP) is 2.13. The summed E-state index contributed by atoms with van der Waals surface area (Å²) in [5.74, 6) is 1.06. The standard InChI is InChI=1S/C12H27N3/c1-7-11(4)14-12(5)13-8-9-15(6)10(2)3/h10-11H,7-9H2,1-6H3,(H,13,14). The smallest absolute Gasteiger partial charge is 0.0934 e. The molecule has 0 radical (unpaired) electrons. The van der Waals surface area contributed by atoms with Gasteiger partial charge in [-0.1, -0.05) is 6.92 Å². The number of rotatable bonds is 6. The first-order chi connectivity index (χ1) is 6.97. The highest BCUT2D eigenvalue weighted by atomic mass is 15.1. The van der Waals surface area contributed by atoms with Crippen molar-refractivity contribution in [2.75, 3.05) is 20.1 Å². The molecule has 0 aromatic rings. The quantitative estimate of drug-likeness (QED) is 0.541. The molecule has 0 rings (SSSR count). The van der Waals surface area contributed by atoms with E-state index in [1.165, 1.54) is 0 Å². The van der Waals surface area contributed by atoms with E-state index in [0.29, 0.717) is 12.1 Å². The molecular formula is C12H27N3. The van der Waals surface area contributed by atoms with Crippen molar-refractivity contribution in [3.05, 3.63) is 0 Å². The highest BCUT2D eigenvalue weighted by Crippen LogP contribution is 1.93. The third kappa shape index (κ3) is 7.37. The van der Waals surface area contributed by atoms with Crippen LogP contribution in [0.25, 0.3) is 0 Å². The molecule has 0 aliphatic heterocycles. The number of hydrogen-bond donors (Lipinski definition) is 1. The van der Waals surface area contributed by atoms with Crippen LogP contribution in [0.5, 0.6) is 0 Å². The molecule has 0 aromatic carbocycles. The zero-order valence-electron chi connectivity index (χ0n) is 11.2. The molecule has 0 saturated carbocycles. The fraction of sp³-hybridized carbons (Fsp3) is 0.917. The van der Waals surface area contributed by atoms with Crippen molar-refractivity contribution in [3.8, 4) is 0 Å². The molecule has 0 aliphatic carbocycles. The minimum Gasteiger partial charge on any atom is -0.372 e. The lowest BCUT2D eigenvalue weighted by Gasteiger charge is -2.20. The lowest BCUT2D eigenvalue weighted by atomic mass is 10.2. The van der Waals surface area contributed by atoms with Gasteiger partial charge in [0.15, 0.2) is 0 Å². The maximum atomic E-state index is 4.50. The topological polar surface area (TPSA) is 27.6 Å². The lowest BCUT2D eigenvalue weighted by Crippen LogP contribution is -2.32. The van der Waals surface area contributed by atoms with E-state index in [9.17, 15) is 0 Å². The van der Waals surface area contributed by atoms with E-state index in [1.54, 1.807) is 0 Å². The second-order valence-corrected chi connectivity index (χ2v) is 4.50. The Morgan fingerprint density at radius 2 is 1.93 bits per heavy atom. The molecule has 0 spiro atoms. The minimum atomic E-state index is 0.525. The van der Waals surface area contributed by atoms with Crippen LogP contribution in [-0.4, -0.2) is 43.0 Å². The van der Waals surface area contributed by atoms with Gasteiger partial charge in [-0.25, -0.2) is 0 Å². The fourth-order valence-electron chi connectivity index (χ4n) is 1.14. The van der Waals surface area contributed by atoms with Crippen molar-refractivity contribution in [2.24, 2.45) is 4.99 Å². The maximum Gasteiger partial charge on any atom is 0.0934 e. The Balaban J connectivity index is 3.76. The Kier molecular flexibility index (Phi) is 7.39. The Morgan fingerprint density at radius 1 is 1.33 bits per heavy atom. The molecule has 0 heterocycles. The number of nitrogens with one attached hydrogen (secondary N) is 1. The Labute approximate surface area is 95.0 Å². The van der Waals surface area contributed by atoms with Crippen LogP contribution in [0.3, 0.4) is 0 Å². The van der Waals surface area contributed by atoms with Crippen molar-refractivity contribution in [1.29, 1.82) is 0 Å². The summed E-state index contributed by atoms with van der Waals surface area (Å²) >= 11 is 0. The van der Waals surface area contributed by atoms with Gasteiger partial charge in [-0.3, -0.25) is 4.99 Å². The zero-order chi connectivity index (χ0) is 11.8. The number of hydrogen-bond acceptors (Lipinski definition) is 2. The van der Waals surface area contributed by atoms with Crippen LogP contribution in [-0.2, 0) is 0 Å². The average molecular weight is 213 g/mol. The summed E-state index contributed by atoms with van der Waals surface area (Å²) < 4.78 is 0. The van der Waals surface area contributed by atoms with Gasteiger partial charge in [-0.05, 0) is 41.2 Å². The maximum absolute atomic E-state index is 4.50. The Bertz CT molecular complexity index is 187. The Hall–Kier alpha value is -0.570. The van der Waals surface area contributed by atoms with Crippen LogP contribution in [0.15, 0.2) is 4.99 Å². The number of likely N-dealkylation sites (N-methyl/N-ethyl adjacent to an activating group) is 1. The normalized spacial score (nSPS) is 14.8. The monoisotopic (exact) mass is 213 g/mol. The van der Waals surface area contributed by atoms with E-state index in [2.05, 4.69) is 50.0 Å². The molecule has 3 nitrogen and oxygen atoms in total. The van der Waals surface area contributed by atoms with E-state index in [-0.39, 0.29) is 0 Å². The molecule has 0 fully saturated rings. The van der Waals surface area contributed by atoms with Crippen molar-refractivity contribution in [1.82, 2.24) is 10.2 Å². The molecule has 0 saturated heterocycles. The molecule has 1 N–H and O–H groups in total. The summed E-state index contributed by atoms with van der Waals surface area (Å²) in [5, 5.41) is 3.36. The number of amidine groups is 1.